The summed E-state index contributed by atoms with van der Waals surface area (Å²) in [6, 6.07) is 13.4. The lowest BCUT2D eigenvalue weighted by molar-refractivity contribution is 0.465. The molecule has 0 unspecified atom stereocenters. The molecule has 0 saturated carbocycles. The summed E-state index contributed by atoms with van der Waals surface area (Å²) >= 11 is 0. The van der Waals surface area contributed by atoms with Gasteiger partial charge in [0.1, 0.15) is 11.5 Å². The first-order valence-electron chi connectivity index (χ1n) is 15.0. The highest BCUT2D eigenvalue weighted by Crippen LogP contribution is 2.31. The Morgan fingerprint density at radius 1 is 0.457 bits per heavy atom. The highest BCUT2D eigenvalue weighted by atomic mass is 16.5. The molecule has 2 aromatic carbocycles. The van der Waals surface area contributed by atoms with Crippen molar-refractivity contribution in [1.82, 2.24) is 0 Å². The fraction of sp³-hybridized carbons (Fsp3) is 0.647. The molecule has 0 amide bonds. The molecule has 0 aliphatic carbocycles. The van der Waals surface area contributed by atoms with Crippen LogP contribution < -0.4 is 4.74 Å². The maximum atomic E-state index is 6.60. The third-order valence-corrected chi connectivity index (χ3v) is 7.25. The Labute approximate surface area is 218 Å². The van der Waals surface area contributed by atoms with Crippen LogP contribution in [-0.2, 0) is 12.8 Å². The molecule has 2 rings (SSSR count). The van der Waals surface area contributed by atoms with Crippen molar-refractivity contribution in [3.8, 4) is 11.5 Å². The van der Waals surface area contributed by atoms with Crippen LogP contribution in [0.15, 0.2) is 36.4 Å². The Kier molecular flexibility index (Phi) is 15.6. The van der Waals surface area contributed by atoms with Crippen LogP contribution in [-0.4, -0.2) is 0 Å². The van der Waals surface area contributed by atoms with Gasteiger partial charge in [-0.25, -0.2) is 0 Å². The molecule has 0 radical (unpaired) electrons. The molecule has 0 bridgehead atoms. The Balaban J connectivity index is 1.87. The van der Waals surface area contributed by atoms with Gasteiger partial charge >= 0.3 is 0 Å². The molecule has 0 N–H and O–H groups in total. The molecule has 0 aliphatic rings. The number of ether oxygens (including phenoxy) is 1. The minimum Gasteiger partial charge on any atom is -0.457 e. The van der Waals surface area contributed by atoms with E-state index in [2.05, 4.69) is 64.1 Å². The number of hydrogen-bond acceptors (Lipinski definition) is 1. The average molecular weight is 479 g/mol. The predicted molar refractivity (Wildman–Crippen MR) is 155 cm³/mol. The average Bonchev–Trinajstić information content (AvgIpc) is 2.85. The number of aryl methyl sites for hydroxylation is 4. The minimum atomic E-state index is 1.06. The summed E-state index contributed by atoms with van der Waals surface area (Å²) in [5, 5.41) is 0. The maximum absolute atomic E-state index is 6.60. The molecule has 196 valence electrons. The Morgan fingerprint density at radius 2 is 0.800 bits per heavy atom. The molecule has 1 nitrogen and oxygen atoms in total. The van der Waals surface area contributed by atoms with Gasteiger partial charge in [0.15, 0.2) is 0 Å². The van der Waals surface area contributed by atoms with E-state index in [1.807, 2.05) is 0 Å². The number of rotatable bonds is 20. The van der Waals surface area contributed by atoms with Crippen LogP contribution in [0, 0.1) is 13.8 Å². The van der Waals surface area contributed by atoms with E-state index in [9.17, 15) is 0 Å². The molecule has 0 saturated heterocycles. The molecule has 0 atom stereocenters. The molecular formula is C34H54O. The summed E-state index contributed by atoms with van der Waals surface area (Å²) in [4.78, 5) is 0. The number of benzene rings is 2. The Hall–Kier alpha value is -1.76. The molecule has 0 spiro atoms. The predicted octanol–water partition coefficient (Wildman–Crippen LogP) is 11.5. The van der Waals surface area contributed by atoms with Crippen LogP contribution in [0.1, 0.15) is 139 Å². The van der Waals surface area contributed by atoms with E-state index in [-0.39, 0.29) is 0 Å². The van der Waals surface area contributed by atoms with Crippen molar-refractivity contribution in [2.45, 2.75) is 143 Å². The third-order valence-electron chi connectivity index (χ3n) is 7.25. The molecule has 0 fully saturated rings. The number of unbranched alkanes of at least 4 members (excludes halogenated alkanes) is 14. The van der Waals surface area contributed by atoms with Crippen molar-refractivity contribution in [3.63, 3.8) is 0 Å². The summed E-state index contributed by atoms with van der Waals surface area (Å²) in [7, 11) is 0. The van der Waals surface area contributed by atoms with Gasteiger partial charge in [-0.05, 0) is 62.8 Å². The SMILES string of the molecule is CCCCCCCCCCc1cc(C)ccc1Oc1ccc(C)cc1CCCCCCCCCC. The maximum Gasteiger partial charge on any atom is 0.130 e. The molecule has 35 heavy (non-hydrogen) atoms. The smallest absolute Gasteiger partial charge is 0.130 e. The highest BCUT2D eigenvalue weighted by molar-refractivity contribution is 5.44. The molecule has 0 heterocycles. The molecular weight excluding hydrogens is 424 g/mol. The number of hydrogen-bond donors (Lipinski definition) is 0. The van der Waals surface area contributed by atoms with Crippen molar-refractivity contribution in [2.75, 3.05) is 0 Å². The van der Waals surface area contributed by atoms with Gasteiger partial charge in [-0.1, -0.05) is 139 Å². The lowest BCUT2D eigenvalue weighted by atomic mass is 10.0. The summed E-state index contributed by atoms with van der Waals surface area (Å²) in [6.45, 7) is 8.97. The largest absolute Gasteiger partial charge is 0.457 e. The first kappa shape index (κ1) is 29.5. The normalized spacial score (nSPS) is 11.2. The second-order valence-electron chi connectivity index (χ2n) is 10.8. The molecule has 0 aromatic heterocycles. The highest BCUT2D eigenvalue weighted by Gasteiger charge is 2.10. The van der Waals surface area contributed by atoms with Gasteiger partial charge in [-0.2, -0.15) is 0 Å². The van der Waals surface area contributed by atoms with E-state index < -0.39 is 0 Å². The van der Waals surface area contributed by atoms with Crippen LogP contribution >= 0.6 is 0 Å². The van der Waals surface area contributed by atoms with E-state index in [4.69, 9.17) is 4.74 Å². The summed E-state index contributed by atoms with van der Waals surface area (Å²) < 4.78 is 6.60. The standard InChI is InChI=1S/C34H54O/c1-5-7-9-11-13-15-17-19-21-31-27-29(3)23-25-33(31)35-34-26-24-30(4)28-32(34)22-20-18-16-14-12-10-8-6-2/h23-28H,5-22H2,1-4H3. The third kappa shape index (κ3) is 12.7. The quantitative estimate of drug-likeness (QED) is 0.172. The lowest BCUT2D eigenvalue weighted by Crippen LogP contribution is -1.98. The molecule has 0 aliphatic heterocycles. The van der Waals surface area contributed by atoms with Gasteiger partial charge in [0, 0.05) is 0 Å². The van der Waals surface area contributed by atoms with Gasteiger partial charge in [-0.3, -0.25) is 0 Å². The Bertz CT molecular complexity index is 739. The summed E-state index contributed by atoms with van der Waals surface area (Å²) in [5.74, 6) is 2.11. The zero-order valence-electron chi connectivity index (χ0n) is 23.6. The second-order valence-corrected chi connectivity index (χ2v) is 10.8. The van der Waals surface area contributed by atoms with Crippen LogP contribution in [0.25, 0.3) is 0 Å². The second kappa shape index (κ2) is 18.5. The van der Waals surface area contributed by atoms with Crippen molar-refractivity contribution in [1.29, 1.82) is 0 Å². The van der Waals surface area contributed by atoms with Crippen molar-refractivity contribution < 1.29 is 4.74 Å². The lowest BCUT2D eigenvalue weighted by Gasteiger charge is -2.16. The molecule has 2 aromatic rings. The van der Waals surface area contributed by atoms with Crippen molar-refractivity contribution in [2.24, 2.45) is 0 Å². The van der Waals surface area contributed by atoms with Gasteiger partial charge in [-0.15, -0.1) is 0 Å². The van der Waals surface area contributed by atoms with Crippen molar-refractivity contribution >= 4 is 0 Å². The summed E-state index contributed by atoms with van der Waals surface area (Å²) in [5.41, 5.74) is 5.40. The zero-order chi connectivity index (χ0) is 25.1. The minimum absolute atomic E-state index is 1.06. The van der Waals surface area contributed by atoms with Gasteiger partial charge in [0.2, 0.25) is 0 Å². The van der Waals surface area contributed by atoms with Crippen LogP contribution in [0.5, 0.6) is 11.5 Å². The zero-order valence-corrected chi connectivity index (χ0v) is 23.6. The van der Waals surface area contributed by atoms with Crippen LogP contribution in [0.2, 0.25) is 0 Å². The van der Waals surface area contributed by atoms with E-state index in [1.165, 1.54) is 125 Å². The van der Waals surface area contributed by atoms with E-state index in [0.717, 1.165) is 24.3 Å². The van der Waals surface area contributed by atoms with E-state index in [1.54, 1.807) is 0 Å². The van der Waals surface area contributed by atoms with Gasteiger partial charge in [0.25, 0.3) is 0 Å². The van der Waals surface area contributed by atoms with E-state index >= 15 is 0 Å². The van der Waals surface area contributed by atoms with Gasteiger partial charge < -0.3 is 4.74 Å². The Morgan fingerprint density at radius 3 is 1.17 bits per heavy atom. The fourth-order valence-electron chi connectivity index (χ4n) is 5.02. The van der Waals surface area contributed by atoms with Crippen LogP contribution in [0.3, 0.4) is 0 Å². The van der Waals surface area contributed by atoms with Gasteiger partial charge in [0.05, 0.1) is 0 Å². The molecule has 1 heteroatoms. The first-order chi connectivity index (χ1) is 17.1. The topological polar surface area (TPSA) is 9.23 Å². The monoisotopic (exact) mass is 478 g/mol. The fourth-order valence-corrected chi connectivity index (χ4v) is 5.02. The van der Waals surface area contributed by atoms with E-state index in [0.29, 0.717) is 0 Å². The van der Waals surface area contributed by atoms with Crippen molar-refractivity contribution in [3.05, 3.63) is 58.7 Å². The first-order valence-corrected chi connectivity index (χ1v) is 15.0. The van der Waals surface area contributed by atoms with Crippen LogP contribution in [0.4, 0.5) is 0 Å². The summed E-state index contributed by atoms with van der Waals surface area (Å²) in [6.07, 6.45) is 24.0.